The van der Waals surface area contributed by atoms with Crippen LogP contribution in [-0.2, 0) is 24.3 Å². The van der Waals surface area contributed by atoms with E-state index in [9.17, 15) is 18.0 Å². The van der Waals surface area contributed by atoms with E-state index in [4.69, 9.17) is 4.74 Å². The van der Waals surface area contributed by atoms with Crippen molar-refractivity contribution in [1.29, 1.82) is 0 Å². The van der Waals surface area contributed by atoms with Crippen LogP contribution in [0.4, 0.5) is 0 Å². The largest absolute Gasteiger partial charge is 0.465 e. The quantitative estimate of drug-likeness (QED) is 0.734. The molecule has 1 N–H and O–H groups in total. The zero-order valence-electron chi connectivity index (χ0n) is 12.8. The van der Waals surface area contributed by atoms with Gasteiger partial charge in [0, 0.05) is 11.8 Å². The van der Waals surface area contributed by atoms with Gasteiger partial charge in [0.25, 0.3) is 0 Å². The van der Waals surface area contributed by atoms with E-state index in [0.717, 1.165) is 6.42 Å². The lowest BCUT2D eigenvalue weighted by atomic mass is 9.70. The standard InChI is InChI=1S/C14H23NO5S/c1-4-20-12(17)8-15-21(18,19)9-14-6-5-10(7-11(14)16)13(14,2)3/h10,15H,4-9H2,1-3H3/t10-,14-/m0/s1. The minimum Gasteiger partial charge on any atom is -0.465 e. The van der Waals surface area contributed by atoms with Crippen molar-refractivity contribution in [3.05, 3.63) is 0 Å². The highest BCUT2D eigenvalue weighted by Crippen LogP contribution is 2.64. The molecule has 0 unspecified atom stereocenters. The van der Waals surface area contributed by atoms with Gasteiger partial charge in [-0.15, -0.1) is 0 Å². The molecule has 2 rings (SSSR count). The highest BCUT2D eigenvalue weighted by atomic mass is 32.2. The molecule has 21 heavy (non-hydrogen) atoms. The first-order valence-electron chi connectivity index (χ1n) is 7.31. The van der Waals surface area contributed by atoms with Crippen LogP contribution in [0.5, 0.6) is 0 Å². The molecular formula is C14H23NO5S. The molecule has 0 heterocycles. The van der Waals surface area contributed by atoms with Crippen LogP contribution >= 0.6 is 0 Å². The number of fused-ring (bicyclic) bond motifs is 2. The molecule has 0 radical (unpaired) electrons. The molecule has 2 bridgehead atoms. The Kier molecular flexibility index (Phi) is 4.19. The van der Waals surface area contributed by atoms with Crippen LogP contribution in [0.3, 0.4) is 0 Å². The number of esters is 1. The molecule has 0 spiro atoms. The van der Waals surface area contributed by atoms with Gasteiger partial charge in [0.15, 0.2) is 0 Å². The van der Waals surface area contributed by atoms with Crippen molar-refractivity contribution in [2.45, 2.75) is 40.0 Å². The fourth-order valence-corrected chi connectivity index (χ4v) is 5.63. The maximum Gasteiger partial charge on any atom is 0.320 e. The Hall–Kier alpha value is -0.950. The summed E-state index contributed by atoms with van der Waals surface area (Å²) < 4.78 is 31.4. The van der Waals surface area contributed by atoms with Gasteiger partial charge < -0.3 is 4.74 Å². The van der Waals surface area contributed by atoms with E-state index in [-0.39, 0.29) is 36.0 Å². The first-order chi connectivity index (χ1) is 9.64. The molecule has 0 aromatic carbocycles. The van der Waals surface area contributed by atoms with E-state index in [1.54, 1.807) is 6.92 Å². The zero-order chi connectivity index (χ0) is 15.9. The number of rotatable bonds is 6. The van der Waals surface area contributed by atoms with Gasteiger partial charge >= 0.3 is 5.97 Å². The number of hydrogen-bond donors (Lipinski definition) is 1. The summed E-state index contributed by atoms with van der Waals surface area (Å²) in [5.41, 5.74) is -1.11. The summed E-state index contributed by atoms with van der Waals surface area (Å²) in [6.07, 6.45) is 1.98. The lowest BCUT2D eigenvalue weighted by Crippen LogP contribution is -2.46. The van der Waals surface area contributed by atoms with Crippen LogP contribution in [0, 0.1) is 16.7 Å². The van der Waals surface area contributed by atoms with Gasteiger partial charge in [-0.1, -0.05) is 13.8 Å². The van der Waals surface area contributed by atoms with Crippen molar-refractivity contribution in [3.63, 3.8) is 0 Å². The average molecular weight is 317 g/mol. The number of hydrogen-bond acceptors (Lipinski definition) is 5. The Balaban J connectivity index is 2.09. The van der Waals surface area contributed by atoms with E-state index in [0.29, 0.717) is 12.8 Å². The summed E-state index contributed by atoms with van der Waals surface area (Å²) in [6, 6.07) is 0. The molecule has 0 aliphatic heterocycles. The van der Waals surface area contributed by atoms with Gasteiger partial charge in [-0.05, 0) is 31.1 Å². The van der Waals surface area contributed by atoms with Crippen molar-refractivity contribution in [1.82, 2.24) is 4.72 Å². The zero-order valence-corrected chi connectivity index (χ0v) is 13.6. The summed E-state index contributed by atoms with van der Waals surface area (Å²) in [5.74, 6) is -0.530. The average Bonchev–Trinajstić information content (AvgIpc) is 2.70. The number of ether oxygens (including phenoxy) is 1. The molecule has 6 nitrogen and oxygen atoms in total. The van der Waals surface area contributed by atoms with E-state index in [1.165, 1.54) is 0 Å². The molecule has 2 saturated carbocycles. The topological polar surface area (TPSA) is 89.5 Å². The normalized spacial score (nSPS) is 30.6. The molecule has 2 aliphatic carbocycles. The Labute approximate surface area is 125 Å². The second-order valence-electron chi connectivity index (χ2n) is 6.55. The second-order valence-corrected chi connectivity index (χ2v) is 8.36. The van der Waals surface area contributed by atoms with Crippen LogP contribution in [0.15, 0.2) is 0 Å². The van der Waals surface area contributed by atoms with Gasteiger partial charge in [-0.3, -0.25) is 9.59 Å². The van der Waals surface area contributed by atoms with Crippen LogP contribution in [0.25, 0.3) is 0 Å². The fraction of sp³-hybridized carbons (Fsp3) is 0.857. The van der Waals surface area contributed by atoms with E-state index in [1.807, 2.05) is 13.8 Å². The summed E-state index contributed by atoms with van der Waals surface area (Å²) in [6.45, 7) is 5.44. The molecule has 0 aromatic rings. The van der Waals surface area contributed by atoms with Crippen molar-refractivity contribution < 1.29 is 22.7 Å². The predicted octanol–water partition coefficient (Wildman–Crippen LogP) is 0.864. The number of Topliss-reactive ketones (excluding diaryl/α,β-unsaturated/α-hetero) is 1. The number of nitrogens with one attached hydrogen (secondary N) is 1. The van der Waals surface area contributed by atoms with Crippen LogP contribution < -0.4 is 4.72 Å². The first kappa shape index (κ1) is 16.4. The van der Waals surface area contributed by atoms with Crippen LogP contribution in [-0.4, -0.2) is 39.1 Å². The predicted molar refractivity (Wildman–Crippen MR) is 77.0 cm³/mol. The Bertz CT molecular complexity index is 554. The van der Waals surface area contributed by atoms with Crippen molar-refractivity contribution >= 4 is 21.8 Å². The van der Waals surface area contributed by atoms with Gasteiger partial charge in [0.05, 0.1) is 12.4 Å². The Morgan fingerprint density at radius 1 is 1.43 bits per heavy atom. The highest BCUT2D eigenvalue weighted by molar-refractivity contribution is 7.89. The fourth-order valence-electron chi connectivity index (χ4n) is 3.86. The van der Waals surface area contributed by atoms with Gasteiger partial charge in [-0.2, -0.15) is 0 Å². The number of sulfonamides is 1. The second kappa shape index (κ2) is 5.35. The van der Waals surface area contributed by atoms with Crippen molar-refractivity contribution in [3.8, 4) is 0 Å². The molecule has 0 amide bonds. The Morgan fingerprint density at radius 2 is 2.10 bits per heavy atom. The van der Waals surface area contributed by atoms with Gasteiger partial charge in [0.2, 0.25) is 10.0 Å². The van der Waals surface area contributed by atoms with E-state index < -0.39 is 21.4 Å². The first-order valence-corrected chi connectivity index (χ1v) is 8.96. The van der Waals surface area contributed by atoms with E-state index >= 15 is 0 Å². The molecule has 120 valence electrons. The maximum atomic E-state index is 12.3. The SMILES string of the molecule is CCOC(=O)CNS(=O)(=O)C[C@@]12CC[C@@H](CC1=O)C2(C)C. The molecular weight excluding hydrogens is 294 g/mol. The lowest BCUT2D eigenvalue weighted by molar-refractivity contribution is -0.141. The molecule has 2 aliphatic rings. The molecule has 2 atom stereocenters. The monoisotopic (exact) mass is 317 g/mol. The molecule has 2 fully saturated rings. The van der Waals surface area contributed by atoms with Gasteiger partial charge in [0.1, 0.15) is 12.3 Å². The molecule has 7 heteroatoms. The summed E-state index contributed by atoms with van der Waals surface area (Å²) >= 11 is 0. The smallest absolute Gasteiger partial charge is 0.320 e. The summed E-state index contributed by atoms with van der Waals surface area (Å²) in [5, 5.41) is 0. The minimum atomic E-state index is -3.70. The lowest BCUT2D eigenvalue weighted by Gasteiger charge is -2.36. The van der Waals surface area contributed by atoms with Crippen LogP contribution in [0.1, 0.15) is 40.0 Å². The third-order valence-electron chi connectivity index (χ3n) is 5.32. The van der Waals surface area contributed by atoms with Gasteiger partial charge in [-0.25, -0.2) is 13.1 Å². The minimum absolute atomic E-state index is 0.0465. The third kappa shape index (κ3) is 2.73. The van der Waals surface area contributed by atoms with Crippen molar-refractivity contribution in [2.24, 2.45) is 16.7 Å². The number of ketones is 1. The Morgan fingerprint density at radius 3 is 2.57 bits per heavy atom. The molecule has 0 aromatic heterocycles. The summed E-state index contributed by atoms with van der Waals surface area (Å²) in [4.78, 5) is 23.6. The number of carbonyl (C=O) groups excluding carboxylic acids is 2. The van der Waals surface area contributed by atoms with Crippen molar-refractivity contribution in [2.75, 3.05) is 18.9 Å². The highest BCUT2D eigenvalue weighted by Gasteiger charge is 2.65. The number of carbonyl (C=O) groups is 2. The molecule has 0 saturated heterocycles. The maximum absolute atomic E-state index is 12.3. The summed E-state index contributed by atoms with van der Waals surface area (Å²) in [7, 11) is -3.70. The van der Waals surface area contributed by atoms with E-state index in [2.05, 4.69) is 4.72 Å². The van der Waals surface area contributed by atoms with Crippen LogP contribution in [0.2, 0.25) is 0 Å². The third-order valence-corrected chi connectivity index (χ3v) is 6.77.